The highest BCUT2D eigenvalue weighted by Crippen LogP contribution is 2.22. The zero-order valence-electron chi connectivity index (χ0n) is 16.2. The Bertz CT molecular complexity index is 608. The third-order valence-corrected chi connectivity index (χ3v) is 5.47. The van der Waals surface area contributed by atoms with Crippen molar-refractivity contribution in [3.63, 3.8) is 0 Å². The molecule has 2 heterocycles. The van der Waals surface area contributed by atoms with E-state index in [1.807, 2.05) is 42.2 Å². The summed E-state index contributed by atoms with van der Waals surface area (Å²) in [5, 5.41) is 3.59. The quantitative estimate of drug-likeness (QED) is 0.862. The second-order valence-corrected chi connectivity index (χ2v) is 7.36. The van der Waals surface area contributed by atoms with Crippen LogP contribution in [0.3, 0.4) is 0 Å². The summed E-state index contributed by atoms with van der Waals surface area (Å²) in [4.78, 5) is 28.9. The summed E-state index contributed by atoms with van der Waals surface area (Å²) in [5.41, 5.74) is 1.01. The van der Waals surface area contributed by atoms with E-state index in [1.165, 1.54) is 6.42 Å². The second kappa shape index (κ2) is 9.74. The van der Waals surface area contributed by atoms with E-state index >= 15 is 0 Å². The standard InChI is InChI=1S/C21H31N3O3/c1-2-27-21(26)24-15-11-18(12-16-24)22-19(17-9-5-3-6-10-17)20(25)23-13-7-4-8-14-23/h3,5-6,9-10,18-19,22H,2,4,7-8,11-16H2,1H3/t19-/m0/s1. The topological polar surface area (TPSA) is 61.9 Å². The number of hydrogen-bond acceptors (Lipinski definition) is 4. The van der Waals surface area contributed by atoms with Gasteiger partial charge in [-0.3, -0.25) is 10.1 Å². The van der Waals surface area contributed by atoms with Crippen LogP contribution in [-0.4, -0.2) is 60.6 Å². The van der Waals surface area contributed by atoms with E-state index in [0.29, 0.717) is 19.7 Å². The minimum absolute atomic E-state index is 0.175. The first-order valence-corrected chi connectivity index (χ1v) is 10.2. The van der Waals surface area contributed by atoms with Gasteiger partial charge in [0.15, 0.2) is 0 Å². The fraction of sp³-hybridized carbons (Fsp3) is 0.619. The van der Waals surface area contributed by atoms with E-state index < -0.39 is 0 Å². The summed E-state index contributed by atoms with van der Waals surface area (Å²) in [6.45, 7) is 5.25. The third kappa shape index (κ3) is 5.22. The highest BCUT2D eigenvalue weighted by molar-refractivity contribution is 5.83. The van der Waals surface area contributed by atoms with E-state index in [1.54, 1.807) is 4.90 Å². The van der Waals surface area contributed by atoms with Gasteiger partial charge in [-0.1, -0.05) is 30.3 Å². The summed E-state index contributed by atoms with van der Waals surface area (Å²) in [6.07, 6.45) is 4.81. The van der Waals surface area contributed by atoms with Gasteiger partial charge in [0.2, 0.25) is 5.91 Å². The van der Waals surface area contributed by atoms with Gasteiger partial charge in [-0.15, -0.1) is 0 Å². The first-order chi connectivity index (χ1) is 13.2. The van der Waals surface area contributed by atoms with Gasteiger partial charge in [0.1, 0.15) is 6.04 Å². The number of nitrogens with zero attached hydrogens (tertiary/aromatic N) is 2. The van der Waals surface area contributed by atoms with Crippen molar-refractivity contribution >= 4 is 12.0 Å². The largest absolute Gasteiger partial charge is 0.450 e. The summed E-state index contributed by atoms with van der Waals surface area (Å²) >= 11 is 0. The molecule has 0 aromatic heterocycles. The number of carbonyl (C=O) groups is 2. The van der Waals surface area contributed by atoms with Crippen molar-refractivity contribution in [2.45, 2.75) is 51.1 Å². The fourth-order valence-corrected chi connectivity index (χ4v) is 3.93. The highest BCUT2D eigenvalue weighted by Gasteiger charge is 2.31. The number of rotatable bonds is 5. The van der Waals surface area contributed by atoms with Crippen LogP contribution in [0.1, 0.15) is 50.6 Å². The van der Waals surface area contributed by atoms with Gasteiger partial charge in [0.25, 0.3) is 0 Å². The van der Waals surface area contributed by atoms with Crippen LogP contribution in [0, 0.1) is 0 Å². The van der Waals surface area contributed by atoms with Crippen LogP contribution in [0.2, 0.25) is 0 Å². The Kier molecular flexibility index (Phi) is 7.10. The average Bonchev–Trinajstić information content (AvgIpc) is 2.73. The van der Waals surface area contributed by atoms with Crippen LogP contribution in [0.15, 0.2) is 30.3 Å². The molecule has 2 amide bonds. The molecular formula is C21H31N3O3. The molecule has 0 aliphatic carbocycles. The Labute approximate surface area is 161 Å². The lowest BCUT2D eigenvalue weighted by atomic mass is 9.99. The molecule has 6 heteroatoms. The van der Waals surface area contributed by atoms with Crippen LogP contribution in [0.4, 0.5) is 4.79 Å². The van der Waals surface area contributed by atoms with E-state index in [4.69, 9.17) is 4.74 Å². The molecule has 2 aliphatic rings. The first kappa shape index (κ1) is 19.7. The highest BCUT2D eigenvalue weighted by atomic mass is 16.6. The average molecular weight is 373 g/mol. The molecule has 1 aromatic carbocycles. The van der Waals surface area contributed by atoms with Crippen molar-refractivity contribution in [1.82, 2.24) is 15.1 Å². The number of piperidine rings is 2. The molecule has 3 rings (SSSR count). The van der Waals surface area contributed by atoms with Crippen molar-refractivity contribution in [3.05, 3.63) is 35.9 Å². The van der Waals surface area contributed by atoms with Crippen LogP contribution in [0.25, 0.3) is 0 Å². The number of likely N-dealkylation sites (tertiary alicyclic amines) is 2. The number of nitrogens with one attached hydrogen (secondary N) is 1. The number of ether oxygens (including phenoxy) is 1. The number of carbonyl (C=O) groups excluding carboxylic acids is 2. The summed E-state index contributed by atoms with van der Waals surface area (Å²) < 4.78 is 5.09. The smallest absolute Gasteiger partial charge is 0.409 e. The van der Waals surface area contributed by atoms with Gasteiger partial charge in [0, 0.05) is 32.2 Å². The number of amides is 2. The van der Waals surface area contributed by atoms with Crippen molar-refractivity contribution in [1.29, 1.82) is 0 Å². The molecule has 0 spiro atoms. The molecule has 2 saturated heterocycles. The van der Waals surface area contributed by atoms with E-state index in [0.717, 1.165) is 44.3 Å². The van der Waals surface area contributed by atoms with Gasteiger partial charge in [-0.05, 0) is 44.6 Å². The van der Waals surface area contributed by atoms with Crippen LogP contribution < -0.4 is 5.32 Å². The normalized spacial score (nSPS) is 19.6. The Balaban J connectivity index is 1.64. The summed E-state index contributed by atoms with van der Waals surface area (Å²) in [7, 11) is 0. The lowest BCUT2D eigenvalue weighted by Crippen LogP contribution is -2.50. The maximum atomic E-state index is 13.2. The Hall–Kier alpha value is -2.08. The molecule has 1 aromatic rings. The Morgan fingerprint density at radius 3 is 2.33 bits per heavy atom. The third-order valence-electron chi connectivity index (χ3n) is 5.47. The van der Waals surface area contributed by atoms with Crippen LogP contribution in [-0.2, 0) is 9.53 Å². The maximum absolute atomic E-state index is 13.2. The number of benzene rings is 1. The summed E-state index contributed by atoms with van der Waals surface area (Å²) in [5.74, 6) is 0.175. The molecular weight excluding hydrogens is 342 g/mol. The minimum Gasteiger partial charge on any atom is -0.450 e. The van der Waals surface area contributed by atoms with Crippen molar-refractivity contribution in [2.24, 2.45) is 0 Å². The number of hydrogen-bond donors (Lipinski definition) is 1. The van der Waals surface area contributed by atoms with Gasteiger partial charge in [-0.2, -0.15) is 0 Å². The molecule has 2 aliphatic heterocycles. The molecule has 1 N–H and O–H groups in total. The molecule has 0 unspecified atom stereocenters. The predicted octanol–water partition coefficient (Wildman–Crippen LogP) is 2.95. The van der Waals surface area contributed by atoms with Crippen molar-refractivity contribution in [3.8, 4) is 0 Å². The van der Waals surface area contributed by atoms with Crippen molar-refractivity contribution in [2.75, 3.05) is 32.8 Å². The molecule has 0 radical (unpaired) electrons. The minimum atomic E-state index is -0.316. The van der Waals surface area contributed by atoms with Gasteiger partial charge in [0.05, 0.1) is 6.61 Å². The van der Waals surface area contributed by atoms with E-state index in [9.17, 15) is 9.59 Å². The van der Waals surface area contributed by atoms with Crippen LogP contribution >= 0.6 is 0 Å². The lowest BCUT2D eigenvalue weighted by molar-refractivity contribution is -0.134. The lowest BCUT2D eigenvalue weighted by Gasteiger charge is -2.36. The zero-order chi connectivity index (χ0) is 19.1. The Morgan fingerprint density at radius 1 is 1.04 bits per heavy atom. The van der Waals surface area contributed by atoms with E-state index in [-0.39, 0.29) is 24.1 Å². The van der Waals surface area contributed by atoms with Gasteiger partial charge >= 0.3 is 6.09 Å². The summed E-state index contributed by atoms with van der Waals surface area (Å²) in [6, 6.07) is 9.89. The molecule has 27 heavy (non-hydrogen) atoms. The first-order valence-electron chi connectivity index (χ1n) is 10.2. The molecule has 0 saturated carbocycles. The molecule has 2 fully saturated rings. The van der Waals surface area contributed by atoms with Crippen LogP contribution in [0.5, 0.6) is 0 Å². The fourth-order valence-electron chi connectivity index (χ4n) is 3.93. The molecule has 0 bridgehead atoms. The SMILES string of the molecule is CCOC(=O)N1CCC(N[C@H](C(=O)N2CCCCC2)c2ccccc2)CC1. The molecule has 148 valence electrons. The maximum Gasteiger partial charge on any atom is 0.409 e. The Morgan fingerprint density at radius 2 is 1.70 bits per heavy atom. The van der Waals surface area contributed by atoms with Gasteiger partial charge in [-0.25, -0.2) is 4.79 Å². The van der Waals surface area contributed by atoms with Gasteiger partial charge < -0.3 is 14.5 Å². The second-order valence-electron chi connectivity index (χ2n) is 7.36. The zero-order valence-corrected chi connectivity index (χ0v) is 16.2. The predicted molar refractivity (Wildman–Crippen MR) is 104 cm³/mol. The van der Waals surface area contributed by atoms with E-state index in [2.05, 4.69) is 5.32 Å². The molecule has 1 atom stereocenters. The monoisotopic (exact) mass is 373 g/mol. The molecule has 6 nitrogen and oxygen atoms in total. The van der Waals surface area contributed by atoms with Crippen molar-refractivity contribution < 1.29 is 14.3 Å².